The highest BCUT2D eigenvalue weighted by atomic mass is 14.0. The van der Waals surface area contributed by atoms with E-state index in [0.717, 1.165) is 0 Å². The van der Waals surface area contributed by atoms with Crippen molar-refractivity contribution < 1.29 is 0 Å². The van der Waals surface area contributed by atoms with Gasteiger partial charge in [-0.25, -0.2) is 0 Å². The fourth-order valence-corrected chi connectivity index (χ4v) is 1.99. The first-order chi connectivity index (χ1) is 7.33. The average molecular weight is 191 g/mol. The Balaban J connectivity index is 2.47. The van der Waals surface area contributed by atoms with Crippen molar-refractivity contribution >= 4 is 21.5 Å². The minimum absolute atomic E-state index is 1.19. The molecular weight excluding hydrogens is 180 g/mol. The van der Waals surface area contributed by atoms with Gasteiger partial charge in [0.1, 0.15) is 0 Å². The summed E-state index contributed by atoms with van der Waals surface area (Å²) in [5, 5.41) is 5.04. The van der Waals surface area contributed by atoms with Gasteiger partial charge >= 0.3 is 0 Å². The van der Waals surface area contributed by atoms with Crippen molar-refractivity contribution in [2.24, 2.45) is 0 Å². The SMILES string of the molecule is Cc1ccc2cc3[c]cccc3cc2c1. The molecule has 0 saturated carbocycles. The minimum atomic E-state index is 1.19. The number of aryl methyl sites for hydroxylation is 1. The van der Waals surface area contributed by atoms with E-state index in [9.17, 15) is 0 Å². The summed E-state index contributed by atoms with van der Waals surface area (Å²) >= 11 is 0. The van der Waals surface area contributed by atoms with Crippen molar-refractivity contribution in [1.29, 1.82) is 0 Å². The Morgan fingerprint density at radius 1 is 0.867 bits per heavy atom. The molecule has 0 nitrogen and oxygen atoms in total. The van der Waals surface area contributed by atoms with Crippen molar-refractivity contribution in [2.45, 2.75) is 6.92 Å². The molecule has 0 aliphatic rings. The Morgan fingerprint density at radius 3 is 2.73 bits per heavy atom. The molecule has 0 aromatic heterocycles. The molecular formula is C15H11. The Hall–Kier alpha value is -1.82. The zero-order valence-electron chi connectivity index (χ0n) is 8.62. The van der Waals surface area contributed by atoms with Crippen molar-refractivity contribution in [3.63, 3.8) is 0 Å². The van der Waals surface area contributed by atoms with Gasteiger partial charge in [0.05, 0.1) is 0 Å². The van der Waals surface area contributed by atoms with Crippen LogP contribution in [-0.4, -0.2) is 0 Å². The molecule has 15 heavy (non-hydrogen) atoms. The third kappa shape index (κ3) is 1.39. The van der Waals surface area contributed by atoms with Gasteiger partial charge in [0.2, 0.25) is 0 Å². The highest BCUT2D eigenvalue weighted by Gasteiger charge is 1.97. The highest BCUT2D eigenvalue weighted by molar-refractivity contribution is 5.98. The fraction of sp³-hybridized carbons (Fsp3) is 0.0667. The molecule has 3 rings (SSSR count). The minimum Gasteiger partial charge on any atom is -0.0610 e. The standard InChI is InChI=1S/C15H11/c1-11-6-7-14-9-12-4-2-3-5-13(12)10-15(14)8-11/h2-3,5-10H,1H3. The van der Waals surface area contributed by atoms with E-state index in [1.807, 2.05) is 12.1 Å². The maximum absolute atomic E-state index is 3.26. The molecule has 3 aromatic rings. The van der Waals surface area contributed by atoms with Crippen LogP contribution in [0, 0.1) is 13.0 Å². The van der Waals surface area contributed by atoms with Crippen molar-refractivity contribution in [1.82, 2.24) is 0 Å². The van der Waals surface area contributed by atoms with Crippen molar-refractivity contribution in [2.75, 3.05) is 0 Å². The molecule has 0 spiro atoms. The van der Waals surface area contributed by atoms with Crippen LogP contribution in [0.5, 0.6) is 0 Å². The van der Waals surface area contributed by atoms with Crippen LogP contribution >= 0.6 is 0 Å². The van der Waals surface area contributed by atoms with E-state index in [2.05, 4.69) is 49.4 Å². The lowest BCUT2D eigenvalue weighted by Gasteiger charge is -2.02. The van der Waals surface area contributed by atoms with Crippen molar-refractivity contribution in [3.05, 3.63) is 60.2 Å². The topological polar surface area (TPSA) is 0 Å². The van der Waals surface area contributed by atoms with E-state index in [-0.39, 0.29) is 0 Å². The van der Waals surface area contributed by atoms with Crippen LogP contribution in [0.25, 0.3) is 21.5 Å². The smallest absolute Gasteiger partial charge is 0.00988 e. The fourth-order valence-electron chi connectivity index (χ4n) is 1.99. The first-order valence-electron chi connectivity index (χ1n) is 5.14. The molecule has 1 radical (unpaired) electrons. The van der Waals surface area contributed by atoms with Crippen LogP contribution in [0.4, 0.5) is 0 Å². The highest BCUT2D eigenvalue weighted by Crippen LogP contribution is 2.22. The molecule has 3 aromatic carbocycles. The largest absolute Gasteiger partial charge is 0.0610 e. The molecule has 0 N–H and O–H groups in total. The van der Waals surface area contributed by atoms with Crippen LogP contribution in [0.3, 0.4) is 0 Å². The van der Waals surface area contributed by atoms with Gasteiger partial charge in [0.15, 0.2) is 0 Å². The third-order valence-electron chi connectivity index (χ3n) is 2.77. The monoisotopic (exact) mass is 191 g/mol. The second-order valence-corrected chi connectivity index (χ2v) is 3.96. The summed E-state index contributed by atoms with van der Waals surface area (Å²) in [5.74, 6) is 0. The molecule has 0 unspecified atom stereocenters. The zero-order valence-corrected chi connectivity index (χ0v) is 8.62. The van der Waals surface area contributed by atoms with E-state index < -0.39 is 0 Å². The quantitative estimate of drug-likeness (QED) is 0.469. The first kappa shape index (κ1) is 8.49. The molecule has 0 fully saturated rings. The summed E-state index contributed by atoms with van der Waals surface area (Å²) in [7, 11) is 0. The van der Waals surface area contributed by atoms with E-state index in [1.165, 1.54) is 27.1 Å². The second kappa shape index (κ2) is 3.09. The Labute approximate surface area is 89.2 Å². The number of fused-ring (bicyclic) bond motifs is 2. The van der Waals surface area contributed by atoms with Gasteiger partial charge < -0.3 is 0 Å². The van der Waals surface area contributed by atoms with E-state index >= 15 is 0 Å². The van der Waals surface area contributed by atoms with Crippen LogP contribution in [0.1, 0.15) is 5.56 Å². The van der Waals surface area contributed by atoms with Crippen LogP contribution in [0.2, 0.25) is 0 Å². The van der Waals surface area contributed by atoms with Gasteiger partial charge in [-0.15, -0.1) is 0 Å². The molecule has 0 bridgehead atoms. The lowest BCUT2D eigenvalue weighted by molar-refractivity contribution is 1.51. The average Bonchev–Trinajstić information content (AvgIpc) is 2.26. The Morgan fingerprint density at radius 2 is 1.80 bits per heavy atom. The Bertz CT molecular complexity index is 636. The maximum atomic E-state index is 3.26. The summed E-state index contributed by atoms with van der Waals surface area (Å²) < 4.78 is 0. The number of rotatable bonds is 0. The summed E-state index contributed by atoms with van der Waals surface area (Å²) in [4.78, 5) is 0. The van der Waals surface area contributed by atoms with Gasteiger partial charge in [0, 0.05) is 0 Å². The van der Waals surface area contributed by atoms with Gasteiger partial charge in [-0.1, -0.05) is 42.0 Å². The maximum Gasteiger partial charge on any atom is -0.00988 e. The third-order valence-corrected chi connectivity index (χ3v) is 2.77. The molecule has 71 valence electrons. The normalized spacial score (nSPS) is 11.0. The van der Waals surface area contributed by atoms with Gasteiger partial charge in [-0.3, -0.25) is 0 Å². The predicted octanol–water partition coefficient (Wildman–Crippen LogP) is 4.10. The molecule has 0 heteroatoms. The number of benzene rings is 3. The van der Waals surface area contributed by atoms with Gasteiger partial charge in [-0.05, 0) is 46.7 Å². The van der Waals surface area contributed by atoms with E-state index in [1.54, 1.807) is 0 Å². The summed E-state index contributed by atoms with van der Waals surface area (Å²) in [5.41, 5.74) is 1.31. The van der Waals surface area contributed by atoms with Crippen LogP contribution in [-0.2, 0) is 0 Å². The second-order valence-electron chi connectivity index (χ2n) is 3.96. The van der Waals surface area contributed by atoms with E-state index in [4.69, 9.17) is 0 Å². The predicted molar refractivity (Wildman–Crippen MR) is 65.0 cm³/mol. The molecule has 0 amide bonds. The lowest BCUT2D eigenvalue weighted by atomic mass is 10.0. The molecule has 0 saturated heterocycles. The number of hydrogen-bond acceptors (Lipinski definition) is 0. The van der Waals surface area contributed by atoms with Gasteiger partial charge in [0.25, 0.3) is 0 Å². The summed E-state index contributed by atoms with van der Waals surface area (Å²) in [6.07, 6.45) is 0. The van der Waals surface area contributed by atoms with Gasteiger partial charge in [-0.2, -0.15) is 0 Å². The molecule has 0 atom stereocenters. The lowest BCUT2D eigenvalue weighted by Crippen LogP contribution is -1.77. The van der Waals surface area contributed by atoms with E-state index in [0.29, 0.717) is 0 Å². The molecule has 0 aliphatic carbocycles. The van der Waals surface area contributed by atoms with Crippen LogP contribution in [0.15, 0.2) is 48.5 Å². The number of hydrogen-bond donors (Lipinski definition) is 0. The summed E-state index contributed by atoms with van der Waals surface area (Å²) in [6, 6.07) is 20.4. The molecule has 0 heterocycles. The van der Waals surface area contributed by atoms with Crippen molar-refractivity contribution in [3.8, 4) is 0 Å². The molecule has 0 aliphatic heterocycles. The first-order valence-corrected chi connectivity index (χ1v) is 5.14. The van der Waals surface area contributed by atoms with Crippen LogP contribution < -0.4 is 0 Å². The summed E-state index contributed by atoms with van der Waals surface area (Å²) in [6.45, 7) is 2.13. The Kier molecular flexibility index (Phi) is 1.75. The zero-order chi connectivity index (χ0) is 10.3.